The first-order valence-corrected chi connectivity index (χ1v) is 27.0. The van der Waals surface area contributed by atoms with E-state index in [2.05, 4.69) is 279 Å². The second-order valence-corrected chi connectivity index (χ2v) is 21.9. The molecule has 1 aliphatic heterocycles. The summed E-state index contributed by atoms with van der Waals surface area (Å²) < 4.78 is 7.69. The minimum absolute atomic E-state index is 0.0137. The molecule has 4 heterocycles. The zero-order valence-corrected chi connectivity index (χ0v) is 43.8. The minimum atomic E-state index is 0.0137. The molecule has 0 saturated heterocycles. The number of benzene rings is 10. The molecule has 0 radical (unpaired) electrons. The maximum atomic E-state index is 2.61. The van der Waals surface area contributed by atoms with Crippen LogP contribution in [0.3, 0.4) is 0 Å². The van der Waals surface area contributed by atoms with E-state index in [1.165, 1.54) is 115 Å². The van der Waals surface area contributed by atoms with Crippen LogP contribution in [0.15, 0.2) is 212 Å². The molecule has 0 N–H and O–H groups in total. The van der Waals surface area contributed by atoms with Crippen molar-refractivity contribution in [3.63, 3.8) is 0 Å². The lowest BCUT2D eigenvalue weighted by atomic mass is 9.33. The van der Waals surface area contributed by atoms with Crippen molar-refractivity contribution in [2.24, 2.45) is 0 Å². The molecule has 0 amide bonds. The maximum absolute atomic E-state index is 2.61. The lowest BCUT2D eigenvalue weighted by Gasteiger charge is -2.39. The monoisotopic (exact) mass is 966 g/mol. The molecule has 10 aromatic carbocycles. The van der Waals surface area contributed by atoms with Gasteiger partial charge in [0.05, 0.1) is 33.1 Å². The molecule has 0 saturated carbocycles. The summed E-state index contributed by atoms with van der Waals surface area (Å²) in [7, 11) is 0. The van der Waals surface area contributed by atoms with Crippen LogP contribution in [0.1, 0.15) is 81.5 Å². The summed E-state index contributed by atoms with van der Waals surface area (Å²) in [5, 5.41) is 7.43. The van der Waals surface area contributed by atoms with Gasteiger partial charge in [0.2, 0.25) is 6.71 Å². The van der Waals surface area contributed by atoms with Crippen LogP contribution < -0.4 is 21.3 Å². The predicted octanol–water partition coefficient (Wildman–Crippen LogP) is 17.0. The van der Waals surface area contributed by atoms with E-state index in [1.54, 1.807) is 0 Å². The van der Waals surface area contributed by atoms with Gasteiger partial charge < -0.3 is 18.6 Å². The first kappa shape index (κ1) is 45.1. The van der Waals surface area contributed by atoms with Crippen LogP contribution in [0.2, 0.25) is 0 Å². The SMILES string of the molecule is Cc1ccc(-n2c3ccccc3c3c2c2c4ccccc4n(-c4ccc5c(c4)N(c4ccccc4)c4ccccc4B5c4c(C(C)C)cc(C(C)C)cc4C(C)C)c2c2c4ccccc4n(-c4ccccc4)c32)cc1. The first-order valence-electron chi connectivity index (χ1n) is 27.0. The predicted molar refractivity (Wildman–Crippen MR) is 322 cm³/mol. The first-order chi connectivity index (χ1) is 36.7. The summed E-state index contributed by atoms with van der Waals surface area (Å²) in [6.45, 7) is 16.4. The largest absolute Gasteiger partial charge is 0.311 e. The van der Waals surface area contributed by atoms with Crippen LogP contribution in [0.5, 0.6) is 0 Å². The Hall–Kier alpha value is -8.54. The van der Waals surface area contributed by atoms with Gasteiger partial charge in [0.1, 0.15) is 0 Å². The van der Waals surface area contributed by atoms with Gasteiger partial charge in [0.25, 0.3) is 0 Å². The van der Waals surface area contributed by atoms with Crippen molar-refractivity contribution in [2.45, 2.75) is 66.2 Å². The molecular formula is C70H59BN4. The van der Waals surface area contributed by atoms with E-state index in [1.807, 2.05) is 0 Å². The van der Waals surface area contributed by atoms with E-state index >= 15 is 0 Å². The topological polar surface area (TPSA) is 18.0 Å². The fourth-order valence-electron chi connectivity index (χ4n) is 13.1. The van der Waals surface area contributed by atoms with Gasteiger partial charge in [-0.05, 0) is 125 Å². The lowest BCUT2D eigenvalue weighted by molar-refractivity contribution is 0.812. The molecule has 0 spiro atoms. The summed E-state index contributed by atoms with van der Waals surface area (Å²) in [6.07, 6.45) is 0. The third-order valence-corrected chi connectivity index (χ3v) is 16.4. The normalized spacial score (nSPS) is 12.8. The summed E-state index contributed by atoms with van der Waals surface area (Å²) in [5.74, 6) is 1.10. The third kappa shape index (κ3) is 6.69. The fraction of sp³-hybridized carbons (Fsp3) is 0.143. The van der Waals surface area contributed by atoms with Crippen molar-refractivity contribution < 1.29 is 0 Å². The Morgan fingerprint density at radius 1 is 0.347 bits per heavy atom. The highest BCUT2D eigenvalue weighted by Crippen LogP contribution is 2.51. The number of rotatable bonds is 8. The Bertz CT molecular complexity index is 4370. The van der Waals surface area contributed by atoms with Crippen LogP contribution >= 0.6 is 0 Å². The third-order valence-electron chi connectivity index (χ3n) is 16.4. The highest BCUT2D eigenvalue weighted by atomic mass is 15.2. The molecule has 0 bridgehead atoms. The van der Waals surface area contributed by atoms with Crippen LogP contribution in [-0.4, -0.2) is 20.4 Å². The molecule has 1 aliphatic rings. The van der Waals surface area contributed by atoms with Gasteiger partial charge in [-0.1, -0.05) is 192 Å². The van der Waals surface area contributed by atoms with Crippen molar-refractivity contribution in [2.75, 3.05) is 4.90 Å². The summed E-state index contributed by atoms with van der Waals surface area (Å²) in [6, 6.07) is 80.1. The van der Waals surface area contributed by atoms with Crippen molar-refractivity contribution in [1.82, 2.24) is 13.7 Å². The van der Waals surface area contributed by atoms with Gasteiger partial charge in [-0.2, -0.15) is 0 Å². The number of fused-ring (bicyclic) bond motifs is 14. The van der Waals surface area contributed by atoms with Crippen LogP contribution in [0.25, 0.3) is 82.5 Å². The summed E-state index contributed by atoms with van der Waals surface area (Å²) in [5.41, 5.74) is 23.8. The van der Waals surface area contributed by atoms with Crippen LogP contribution in [0, 0.1) is 6.92 Å². The molecular weight excluding hydrogens is 908 g/mol. The van der Waals surface area contributed by atoms with Gasteiger partial charge in [0, 0.05) is 66.4 Å². The highest BCUT2D eigenvalue weighted by Gasteiger charge is 2.39. The average Bonchev–Trinajstić information content (AvgIpc) is 4.12. The second-order valence-electron chi connectivity index (χ2n) is 21.9. The molecule has 0 unspecified atom stereocenters. The van der Waals surface area contributed by atoms with Crippen molar-refractivity contribution in [3.05, 3.63) is 235 Å². The number of para-hydroxylation sites is 6. The van der Waals surface area contributed by atoms with E-state index in [9.17, 15) is 0 Å². The Balaban J connectivity index is 1.17. The van der Waals surface area contributed by atoms with Crippen LogP contribution in [0.4, 0.5) is 17.1 Å². The molecule has 75 heavy (non-hydrogen) atoms. The molecule has 14 rings (SSSR count). The Kier molecular flexibility index (Phi) is 10.4. The minimum Gasteiger partial charge on any atom is -0.311 e. The molecule has 0 atom stereocenters. The molecule has 362 valence electrons. The fourth-order valence-corrected chi connectivity index (χ4v) is 13.1. The quantitative estimate of drug-likeness (QED) is 0.139. The molecule has 0 aliphatic carbocycles. The van der Waals surface area contributed by atoms with Crippen molar-refractivity contribution in [1.29, 1.82) is 0 Å². The molecule has 0 fully saturated rings. The number of hydrogen-bond donors (Lipinski definition) is 0. The van der Waals surface area contributed by atoms with Crippen molar-refractivity contribution in [3.8, 4) is 17.1 Å². The zero-order valence-electron chi connectivity index (χ0n) is 43.8. The second kappa shape index (κ2) is 17.3. The molecule has 5 heteroatoms. The summed E-state index contributed by atoms with van der Waals surface area (Å²) >= 11 is 0. The summed E-state index contributed by atoms with van der Waals surface area (Å²) in [4.78, 5) is 2.54. The van der Waals surface area contributed by atoms with E-state index in [-0.39, 0.29) is 6.71 Å². The average molecular weight is 967 g/mol. The number of aryl methyl sites for hydroxylation is 1. The van der Waals surface area contributed by atoms with Gasteiger partial charge in [-0.15, -0.1) is 0 Å². The maximum Gasteiger partial charge on any atom is 0.247 e. The lowest BCUT2D eigenvalue weighted by Crippen LogP contribution is -2.59. The van der Waals surface area contributed by atoms with Gasteiger partial charge in [-0.3, -0.25) is 0 Å². The Morgan fingerprint density at radius 3 is 1.27 bits per heavy atom. The van der Waals surface area contributed by atoms with Gasteiger partial charge >= 0.3 is 0 Å². The van der Waals surface area contributed by atoms with E-state index in [0.29, 0.717) is 17.8 Å². The van der Waals surface area contributed by atoms with Crippen LogP contribution in [-0.2, 0) is 0 Å². The van der Waals surface area contributed by atoms with Crippen molar-refractivity contribution >= 4 is 106 Å². The number of nitrogens with zero attached hydrogens (tertiary/aromatic N) is 4. The molecule has 13 aromatic rings. The highest BCUT2D eigenvalue weighted by molar-refractivity contribution is 6.98. The van der Waals surface area contributed by atoms with E-state index in [4.69, 9.17) is 0 Å². The number of hydrogen-bond acceptors (Lipinski definition) is 1. The van der Waals surface area contributed by atoms with Gasteiger partial charge in [-0.25, -0.2) is 0 Å². The smallest absolute Gasteiger partial charge is 0.247 e. The zero-order chi connectivity index (χ0) is 50.8. The van der Waals surface area contributed by atoms with Gasteiger partial charge in [0.15, 0.2) is 0 Å². The van der Waals surface area contributed by atoms with E-state index < -0.39 is 0 Å². The Labute approximate surface area is 439 Å². The number of aromatic nitrogens is 3. The molecule has 3 aromatic heterocycles. The van der Waals surface area contributed by atoms with E-state index in [0.717, 1.165) is 22.7 Å². The Morgan fingerprint density at radius 2 is 0.760 bits per heavy atom. The molecule has 4 nitrogen and oxygen atoms in total. The number of anilines is 3. The standard InChI is InChI=1S/C70H59BN4/c1-43(2)47-40-55(44(3)4)67(56(41-47)45(5)6)71-57-29-17-21-33-62(57)72(48-22-10-8-11-23-48)63-42-51(38-39-58(63)71)75-61-32-20-16-28-54(61)66-69-64(53-27-15-19-31-60(53)74(69)50-36-34-46(7)35-37-50)68-65(70(66)75)52-26-14-18-30-59(52)73(68)49-24-12-9-13-25-49/h8-45H,1-7H3.